The average Bonchev–Trinajstić information content (AvgIpc) is 2.45. The summed E-state index contributed by atoms with van der Waals surface area (Å²) in [6.45, 7) is 1.24. The molecule has 1 amide bonds. The van der Waals surface area contributed by atoms with Crippen molar-refractivity contribution in [1.82, 2.24) is 14.2 Å². The number of piperazine rings is 1. The van der Waals surface area contributed by atoms with Gasteiger partial charge in [0.05, 0.1) is 16.8 Å². The Kier molecular flexibility index (Phi) is 4.67. The van der Waals surface area contributed by atoms with Gasteiger partial charge in [0.2, 0.25) is 10.0 Å². The number of hydrogen-bond acceptors (Lipinski definition) is 6. The zero-order valence-electron chi connectivity index (χ0n) is 11.4. The summed E-state index contributed by atoms with van der Waals surface area (Å²) in [4.78, 5) is 17.8. The van der Waals surface area contributed by atoms with Crippen LogP contribution < -0.4 is 11.3 Å². The average molecular weight is 334 g/mol. The fourth-order valence-electron chi connectivity index (χ4n) is 2.07. The van der Waals surface area contributed by atoms with Crippen molar-refractivity contribution in [3.8, 4) is 0 Å². The Hall–Kier alpha value is -1.42. The first-order chi connectivity index (χ1) is 9.82. The Morgan fingerprint density at radius 3 is 2.48 bits per heavy atom. The van der Waals surface area contributed by atoms with Crippen LogP contribution in [0.2, 0.25) is 5.02 Å². The lowest BCUT2D eigenvalue weighted by Crippen LogP contribution is -2.50. The van der Waals surface area contributed by atoms with Crippen molar-refractivity contribution >= 4 is 33.3 Å². The summed E-state index contributed by atoms with van der Waals surface area (Å²) in [5.41, 5.74) is 2.66. The maximum atomic E-state index is 12.3. The minimum absolute atomic E-state index is 0.235. The number of nitrogens with one attached hydrogen (secondary N) is 1. The number of carbonyl (C=O) groups excluding carboxylic acids is 1. The van der Waals surface area contributed by atoms with Crippen LogP contribution in [0.4, 0.5) is 5.82 Å². The van der Waals surface area contributed by atoms with Crippen molar-refractivity contribution in [2.45, 2.75) is 0 Å². The fraction of sp³-hybridized carbons (Fsp3) is 0.455. The number of rotatable bonds is 3. The van der Waals surface area contributed by atoms with Gasteiger partial charge in [-0.1, -0.05) is 11.6 Å². The van der Waals surface area contributed by atoms with Crippen molar-refractivity contribution in [2.24, 2.45) is 5.84 Å². The summed E-state index contributed by atoms with van der Waals surface area (Å²) >= 11 is 5.93. The molecule has 8 nitrogen and oxygen atoms in total. The van der Waals surface area contributed by atoms with Crippen molar-refractivity contribution in [3.05, 3.63) is 22.8 Å². The summed E-state index contributed by atoms with van der Waals surface area (Å²) in [7, 11) is -3.22. The van der Waals surface area contributed by atoms with Crippen LogP contribution in [0.5, 0.6) is 0 Å². The van der Waals surface area contributed by atoms with E-state index >= 15 is 0 Å². The summed E-state index contributed by atoms with van der Waals surface area (Å²) in [6, 6.07) is 1.48. The van der Waals surface area contributed by atoms with Crippen LogP contribution in [0.3, 0.4) is 0 Å². The number of aromatic nitrogens is 1. The predicted octanol–water partition coefficient (Wildman–Crippen LogP) is -0.262. The third kappa shape index (κ3) is 3.62. The van der Waals surface area contributed by atoms with Crippen molar-refractivity contribution in [3.63, 3.8) is 0 Å². The highest BCUT2D eigenvalue weighted by Gasteiger charge is 2.26. The molecule has 1 fully saturated rings. The number of sulfonamides is 1. The van der Waals surface area contributed by atoms with Gasteiger partial charge in [-0.25, -0.2) is 19.2 Å². The van der Waals surface area contributed by atoms with Crippen LogP contribution in [0, 0.1) is 0 Å². The van der Waals surface area contributed by atoms with Gasteiger partial charge in [0, 0.05) is 32.4 Å². The molecule has 0 aliphatic carbocycles. The number of hydrogen-bond donors (Lipinski definition) is 2. The lowest BCUT2D eigenvalue weighted by atomic mass is 10.2. The molecule has 0 spiro atoms. The van der Waals surface area contributed by atoms with Crippen LogP contribution >= 0.6 is 11.6 Å². The van der Waals surface area contributed by atoms with Gasteiger partial charge in [0.1, 0.15) is 0 Å². The molecule has 0 atom stereocenters. The molecule has 3 N–H and O–H groups in total. The number of nitrogens with two attached hydrogens (primary N) is 1. The SMILES string of the molecule is CS(=O)(=O)N1CCN(C(=O)c2cnc(NN)c(Cl)c2)CC1. The van der Waals surface area contributed by atoms with Crippen molar-refractivity contribution in [2.75, 3.05) is 37.9 Å². The highest BCUT2D eigenvalue weighted by Crippen LogP contribution is 2.20. The Balaban J connectivity index is 2.07. The van der Waals surface area contributed by atoms with Gasteiger partial charge >= 0.3 is 0 Å². The number of carbonyl (C=O) groups is 1. The number of pyridine rings is 1. The van der Waals surface area contributed by atoms with E-state index in [-0.39, 0.29) is 29.8 Å². The number of anilines is 1. The quantitative estimate of drug-likeness (QED) is 0.582. The molecule has 21 heavy (non-hydrogen) atoms. The third-order valence-electron chi connectivity index (χ3n) is 3.22. The van der Waals surface area contributed by atoms with E-state index in [1.807, 2.05) is 0 Å². The first kappa shape index (κ1) is 16.0. The number of halogens is 1. The van der Waals surface area contributed by atoms with Gasteiger partial charge < -0.3 is 10.3 Å². The maximum absolute atomic E-state index is 12.3. The molecule has 1 saturated heterocycles. The van der Waals surface area contributed by atoms with E-state index in [4.69, 9.17) is 17.4 Å². The lowest BCUT2D eigenvalue weighted by Gasteiger charge is -2.33. The second kappa shape index (κ2) is 6.14. The van der Waals surface area contributed by atoms with Crippen LogP contribution in [-0.4, -0.2) is 60.9 Å². The van der Waals surface area contributed by atoms with E-state index in [1.54, 1.807) is 4.90 Å². The van der Waals surface area contributed by atoms with E-state index in [0.717, 1.165) is 6.26 Å². The van der Waals surface area contributed by atoms with E-state index in [9.17, 15) is 13.2 Å². The molecule has 0 aromatic carbocycles. The van der Waals surface area contributed by atoms with Gasteiger partial charge in [-0.05, 0) is 6.07 Å². The number of nitrogens with zero attached hydrogens (tertiary/aromatic N) is 3. The summed E-state index contributed by atoms with van der Waals surface area (Å²) < 4.78 is 24.2. The number of nitrogen functional groups attached to an aromatic ring is 1. The molecule has 0 saturated carbocycles. The van der Waals surface area contributed by atoms with Crippen LogP contribution in [0.1, 0.15) is 10.4 Å². The molecule has 116 valence electrons. The molecule has 0 radical (unpaired) electrons. The van der Waals surface area contributed by atoms with Crippen LogP contribution in [0.25, 0.3) is 0 Å². The summed E-state index contributed by atoms with van der Waals surface area (Å²) in [5, 5.41) is 0.248. The second-order valence-electron chi connectivity index (χ2n) is 4.65. The van der Waals surface area contributed by atoms with Crippen LogP contribution in [0.15, 0.2) is 12.3 Å². The van der Waals surface area contributed by atoms with Gasteiger partial charge in [-0.3, -0.25) is 4.79 Å². The van der Waals surface area contributed by atoms with Gasteiger partial charge in [0.15, 0.2) is 5.82 Å². The number of amides is 1. The van der Waals surface area contributed by atoms with E-state index in [1.165, 1.54) is 16.6 Å². The van der Waals surface area contributed by atoms with E-state index < -0.39 is 10.0 Å². The van der Waals surface area contributed by atoms with Crippen molar-refractivity contribution < 1.29 is 13.2 Å². The molecule has 1 aliphatic heterocycles. The molecule has 1 aromatic heterocycles. The largest absolute Gasteiger partial charge is 0.336 e. The molecule has 1 aliphatic rings. The first-order valence-electron chi connectivity index (χ1n) is 6.19. The molecule has 2 rings (SSSR count). The molecule has 0 unspecified atom stereocenters. The maximum Gasteiger partial charge on any atom is 0.255 e. The number of hydrazine groups is 1. The zero-order valence-corrected chi connectivity index (χ0v) is 13.0. The van der Waals surface area contributed by atoms with Crippen molar-refractivity contribution in [1.29, 1.82) is 0 Å². The topological polar surface area (TPSA) is 109 Å². The molecule has 2 heterocycles. The normalized spacial score (nSPS) is 16.8. The third-order valence-corrected chi connectivity index (χ3v) is 4.81. The molecule has 1 aromatic rings. The smallest absolute Gasteiger partial charge is 0.255 e. The lowest BCUT2D eigenvalue weighted by molar-refractivity contribution is 0.0698. The minimum atomic E-state index is -3.22. The highest BCUT2D eigenvalue weighted by atomic mass is 35.5. The van der Waals surface area contributed by atoms with Gasteiger partial charge in [-0.2, -0.15) is 4.31 Å². The Labute approximate surface area is 127 Å². The Morgan fingerprint density at radius 1 is 1.38 bits per heavy atom. The molecular formula is C11H16ClN5O3S. The van der Waals surface area contributed by atoms with Crippen LogP contribution in [-0.2, 0) is 10.0 Å². The highest BCUT2D eigenvalue weighted by molar-refractivity contribution is 7.88. The van der Waals surface area contributed by atoms with E-state index in [0.29, 0.717) is 18.7 Å². The van der Waals surface area contributed by atoms with Gasteiger partial charge in [0.25, 0.3) is 5.91 Å². The fourth-order valence-corrected chi connectivity index (χ4v) is 3.11. The van der Waals surface area contributed by atoms with Gasteiger partial charge in [-0.15, -0.1) is 0 Å². The predicted molar refractivity (Wildman–Crippen MR) is 79.4 cm³/mol. The Morgan fingerprint density at radius 2 is 2.00 bits per heavy atom. The van der Waals surface area contributed by atoms with E-state index in [2.05, 4.69) is 10.4 Å². The molecule has 0 bridgehead atoms. The Bertz CT molecular complexity index is 643. The zero-order chi connectivity index (χ0) is 15.6. The second-order valence-corrected chi connectivity index (χ2v) is 7.04. The standard InChI is InChI=1S/C11H16ClN5O3S/c1-21(19,20)17-4-2-16(3-5-17)11(18)8-6-9(12)10(15-13)14-7-8/h6-7H,2-5,13H2,1H3,(H,14,15). The summed E-state index contributed by atoms with van der Waals surface area (Å²) in [5.74, 6) is 5.27. The summed E-state index contributed by atoms with van der Waals surface area (Å²) in [6.07, 6.45) is 2.54. The first-order valence-corrected chi connectivity index (χ1v) is 8.42. The monoisotopic (exact) mass is 333 g/mol. The molecular weight excluding hydrogens is 318 g/mol. The minimum Gasteiger partial charge on any atom is -0.336 e. The molecule has 10 heteroatoms.